The molecule has 2 atom stereocenters. The van der Waals surface area contributed by atoms with Gasteiger partial charge in [0.2, 0.25) is 0 Å². The third kappa shape index (κ3) is 4.00. The van der Waals surface area contributed by atoms with E-state index in [4.69, 9.17) is 4.74 Å². The van der Waals surface area contributed by atoms with E-state index < -0.39 is 30.2 Å². The van der Waals surface area contributed by atoms with Crippen molar-refractivity contribution in [2.75, 3.05) is 6.54 Å². The molecule has 0 bridgehead atoms. The Morgan fingerprint density at radius 1 is 1.00 bits per heavy atom. The summed E-state index contributed by atoms with van der Waals surface area (Å²) in [5.74, 6) is -1.27. The number of carbonyl (C=O) groups is 3. The fourth-order valence-electron chi connectivity index (χ4n) is 3.13. The Balaban J connectivity index is 1.78. The SMILES string of the molecule is O=C(N[C@H]1CN(C(=O)O)[C@H](C(=O)O)c2ccccc21)OCc1ccccc1. The van der Waals surface area contributed by atoms with Crippen LogP contribution in [0.4, 0.5) is 9.59 Å². The van der Waals surface area contributed by atoms with Gasteiger partial charge in [0.1, 0.15) is 6.61 Å². The largest absolute Gasteiger partial charge is 0.479 e. The predicted molar refractivity (Wildman–Crippen MR) is 94.1 cm³/mol. The van der Waals surface area contributed by atoms with Gasteiger partial charge in [-0.2, -0.15) is 0 Å². The Hall–Kier alpha value is -3.55. The van der Waals surface area contributed by atoms with Gasteiger partial charge < -0.3 is 20.3 Å². The molecular weight excluding hydrogens is 352 g/mol. The van der Waals surface area contributed by atoms with Crippen LogP contribution in [0.1, 0.15) is 28.8 Å². The van der Waals surface area contributed by atoms with Crippen molar-refractivity contribution < 1.29 is 29.3 Å². The fourth-order valence-corrected chi connectivity index (χ4v) is 3.13. The van der Waals surface area contributed by atoms with Gasteiger partial charge in [0.15, 0.2) is 6.04 Å². The highest BCUT2D eigenvalue weighted by atomic mass is 16.5. The lowest BCUT2D eigenvalue weighted by atomic mass is 9.89. The van der Waals surface area contributed by atoms with Gasteiger partial charge in [0.05, 0.1) is 6.04 Å². The summed E-state index contributed by atoms with van der Waals surface area (Å²) >= 11 is 0. The molecule has 2 aromatic carbocycles. The zero-order valence-corrected chi connectivity index (χ0v) is 14.2. The molecular formula is C19H18N2O6. The van der Waals surface area contributed by atoms with E-state index in [9.17, 15) is 24.6 Å². The minimum atomic E-state index is -1.37. The molecule has 27 heavy (non-hydrogen) atoms. The van der Waals surface area contributed by atoms with Crippen molar-refractivity contribution in [1.29, 1.82) is 0 Å². The van der Waals surface area contributed by atoms with Crippen LogP contribution >= 0.6 is 0 Å². The molecule has 2 amide bonds. The Morgan fingerprint density at radius 2 is 1.63 bits per heavy atom. The molecule has 8 nitrogen and oxygen atoms in total. The van der Waals surface area contributed by atoms with E-state index in [1.165, 1.54) is 0 Å². The molecule has 0 aromatic heterocycles. The van der Waals surface area contributed by atoms with Crippen LogP contribution in [0.15, 0.2) is 54.6 Å². The van der Waals surface area contributed by atoms with Crippen molar-refractivity contribution in [3.8, 4) is 0 Å². The first-order chi connectivity index (χ1) is 13.0. The molecule has 3 N–H and O–H groups in total. The van der Waals surface area contributed by atoms with E-state index in [1.54, 1.807) is 24.3 Å². The van der Waals surface area contributed by atoms with Crippen molar-refractivity contribution in [1.82, 2.24) is 10.2 Å². The molecule has 1 heterocycles. The fraction of sp³-hybridized carbons (Fsp3) is 0.211. The quantitative estimate of drug-likeness (QED) is 0.762. The van der Waals surface area contributed by atoms with Crippen LogP contribution < -0.4 is 5.32 Å². The molecule has 0 aliphatic carbocycles. The summed E-state index contributed by atoms with van der Waals surface area (Å²) in [6.07, 6.45) is -2.08. The second kappa shape index (κ2) is 7.77. The van der Waals surface area contributed by atoms with Crippen LogP contribution in [0.3, 0.4) is 0 Å². The minimum absolute atomic E-state index is 0.0709. The van der Waals surface area contributed by atoms with Gasteiger partial charge in [0.25, 0.3) is 0 Å². The summed E-state index contributed by atoms with van der Waals surface area (Å²) in [6.45, 7) is -0.120. The highest BCUT2D eigenvalue weighted by molar-refractivity contribution is 5.82. The molecule has 0 unspecified atom stereocenters. The number of rotatable bonds is 4. The molecule has 1 aliphatic heterocycles. The lowest BCUT2D eigenvalue weighted by Crippen LogP contribution is -2.48. The molecule has 0 saturated carbocycles. The van der Waals surface area contributed by atoms with Crippen molar-refractivity contribution in [3.63, 3.8) is 0 Å². The van der Waals surface area contributed by atoms with Gasteiger partial charge in [-0.25, -0.2) is 14.4 Å². The van der Waals surface area contributed by atoms with Gasteiger partial charge in [-0.3, -0.25) is 4.90 Å². The van der Waals surface area contributed by atoms with Gasteiger partial charge in [0, 0.05) is 6.54 Å². The smallest absolute Gasteiger partial charge is 0.408 e. The van der Waals surface area contributed by atoms with Crippen LogP contribution in [0.25, 0.3) is 0 Å². The normalized spacial score (nSPS) is 18.3. The number of carboxylic acids is 1. The number of alkyl carbamates (subject to hydrolysis) is 1. The van der Waals surface area contributed by atoms with Gasteiger partial charge in [-0.05, 0) is 16.7 Å². The average molecular weight is 370 g/mol. The van der Waals surface area contributed by atoms with Gasteiger partial charge in [-0.15, -0.1) is 0 Å². The summed E-state index contributed by atoms with van der Waals surface area (Å²) in [6, 6.07) is 13.6. The zero-order chi connectivity index (χ0) is 19.4. The molecule has 0 fully saturated rings. The monoisotopic (exact) mass is 370 g/mol. The summed E-state index contributed by atoms with van der Waals surface area (Å²) < 4.78 is 5.18. The standard InChI is InChI=1S/C19H18N2O6/c22-17(23)16-14-9-5-4-8-13(14)15(10-21(16)19(25)26)20-18(24)27-11-12-6-2-1-3-7-12/h1-9,15-16H,10-11H2,(H,20,24)(H,22,23)(H,25,26)/t15-,16-/m0/s1. The molecule has 0 saturated heterocycles. The maximum absolute atomic E-state index is 12.2. The lowest BCUT2D eigenvalue weighted by molar-refractivity contribution is -0.143. The number of ether oxygens (including phenoxy) is 1. The molecule has 1 aliphatic rings. The van der Waals surface area contributed by atoms with E-state index >= 15 is 0 Å². The van der Waals surface area contributed by atoms with E-state index in [1.807, 2.05) is 30.3 Å². The van der Waals surface area contributed by atoms with E-state index in [0.29, 0.717) is 11.1 Å². The highest BCUT2D eigenvalue weighted by Gasteiger charge is 2.40. The molecule has 140 valence electrons. The van der Waals surface area contributed by atoms with Gasteiger partial charge >= 0.3 is 18.2 Å². The molecule has 0 spiro atoms. The third-order valence-electron chi connectivity index (χ3n) is 4.34. The molecule has 2 aromatic rings. The van der Waals surface area contributed by atoms with E-state index in [-0.39, 0.29) is 13.2 Å². The van der Waals surface area contributed by atoms with E-state index in [2.05, 4.69) is 5.32 Å². The maximum atomic E-state index is 12.2. The third-order valence-corrected chi connectivity index (χ3v) is 4.34. The number of carboxylic acid groups (broad SMARTS) is 2. The lowest BCUT2D eigenvalue weighted by Gasteiger charge is -2.37. The van der Waals surface area contributed by atoms with Crippen molar-refractivity contribution in [3.05, 3.63) is 71.3 Å². The van der Waals surface area contributed by atoms with Crippen LogP contribution in [0, 0.1) is 0 Å². The van der Waals surface area contributed by atoms with E-state index in [0.717, 1.165) is 10.5 Å². The van der Waals surface area contributed by atoms with Crippen LogP contribution in [-0.2, 0) is 16.1 Å². The van der Waals surface area contributed by atoms with Crippen molar-refractivity contribution in [2.24, 2.45) is 0 Å². The number of hydrogen-bond acceptors (Lipinski definition) is 4. The van der Waals surface area contributed by atoms with Crippen LogP contribution in [-0.4, -0.2) is 39.8 Å². The average Bonchev–Trinajstić information content (AvgIpc) is 2.66. The first-order valence-corrected chi connectivity index (χ1v) is 8.25. The minimum Gasteiger partial charge on any atom is -0.479 e. The highest BCUT2D eigenvalue weighted by Crippen LogP contribution is 2.35. The maximum Gasteiger partial charge on any atom is 0.408 e. The predicted octanol–water partition coefficient (Wildman–Crippen LogP) is 2.77. The molecule has 0 radical (unpaired) electrons. The van der Waals surface area contributed by atoms with Crippen molar-refractivity contribution in [2.45, 2.75) is 18.7 Å². The number of nitrogens with one attached hydrogen (secondary N) is 1. The number of fused-ring (bicyclic) bond motifs is 1. The summed E-state index contributed by atoms with van der Waals surface area (Å²) in [5.41, 5.74) is 1.70. The van der Waals surface area contributed by atoms with Gasteiger partial charge in [-0.1, -0.05) is 54.6 Å². The Morgan fingerprint density at radius 3 is 2.26 bits per heavy atom. The van der Waals surface area contributed by atoms with Crippen molar-refractivity contribution >= 4 is 18.2 Å². The molecule has 3 rings (SSSR count). The zero-order valence-electron chi connectivity index (χ0n) is 14.2. The second-order valence-electron chi connectivity index (χ2n) is 6.06. The number of hydrogen-bond donors (Lipinski definition) is 3. The first-order valence-electron chi connectivity index (χ1n) is 8.25. The van der Waals surface area contributed by atoms with Crippen LogP contribution in [0.2, 0.25) is 0 Å². The Kier molecular flexibility index (Phi) is 5.25. The Bertz CT molecular complexity index is 854. The number of aliphatic carboxylic acids is 1. The number of nitrogens with zero attached hydrogens (tertiary/aromatic N) is 1. The first kappa shape index (κ1) is 18.2. The molecule has 8 heteroatoms. The number of amides is 2. The summed E-state index contributed by atoms with van der Waals surface area (Å²) in [4.78, 5) is 36.1. The summed E-state index contributed by atoms with van der Waals surface area (Å²) in [5, 5.41) is 21.5. The number of carbonyl (C=O) groups excluding carboxylic acids is 1. The van der Waals surface area contributed by atoms with Crippen LogP contribution in [0.5, 0.6) is 0 Å². The number of benzene rings is 2. The topological polar surface area (TPSA) is 116 Å². The summed E-state index contributed by atoms with van der Waals surface area (Å²) in [7, 11) is 0. The Labute approximate surface area is 155 Å². The second-order valence-corrected chi connectivity index (χ2v) is 6.06.